The van der Waals surface area contributed by atoms with E-state index in [0.29, 0.717) is 6.10 Å². The summed E-state index contributed by atoms with van der Waals surface area (Å²) in [6.07, 6.45) is 11.3. The minimum Gasteiger partial charge on any atom is -0.378 e. The summed E-state index contributed by atoms with van der Waals surface area (Å²) in [6.45, 7) is 4.44. The van der Waals surface area contributed by atoms with E-state index in [-0.39, 0.29) is 0 Å². The fraction of sp³-hybridized carbons (Fsp3) is 1.00. The average molecular weight is 225 g/mol. The van der Waals surface area contributed by atoms with Crippen LogP contribution in [0.25, 0.3) is 0 Å². The van der Waals surface area contributed by atoms with Gasteiger partial charge in [0.1, 0.15) is 0 Å². The van der Waals surface area contributed by atoms with E-state index in [1.165, 1.54) is 57.9 Å². The Morgan fingerprint density at radius 1 is 1.19 bits per heavy atom. The fourth-order valence-corrected chi connectivity index (χ4v) is 2.86. The molecule has 0 amide bonds. The molecule has 0 bridgehead atoms. The molecule has 2 nitrogen and oxygen atoms in total. The smallest absolute Gasteiger partial charge is 0.0589 e. The van der Waals surface area contributed by atoms with Gasteiger partial charge in [-0.05, 0) is 38.1 Å². The lowest BCUT2D eigenvalue weighted by atomic mass is 9.83. The van der Waals surface area contributed by atoms with Gasteiger partial charge >= 0.3 is 0 Å². The van der Waals surface area contributed by atoms with E-state index in [1.54, 1.807) is 0 Å². The Morgan fingerprint density at radius 2 is 2.06 bits per heavy atom. The zero-order valence-electron chi connectivity index (χ0n) is 10.7. The highest BCUT2D eigenvalue weighted by atomic mass is 16.5. The summed E-state index contributed by atoms with van der Waals surface area (Å²) in [5.41, 5.74) is 0. The van der Waals surface area contributed by atoms with E-state index >= 15 is 0 Å². The van der Waals surface area contributed by atoms with Gasteiger partial charge in [-0.1, -0.05) is 32.6 Å². The Labute approximate surface area is 100 Å². The summed E-state index contributed by atoms with van der Waals surface area (Å²) in [7, 11) is 0. The first kappa shape index (κ1) is 12.4. The first-order valence-corrected chi connectivity index (χ1v) is 7.23. The van der Waals surface area contributed by atoms with Crippen molar-refractivity contribution in [3.8, 4) is 0 Å². The fourth-order valence-electron chi connectivity index (χ4n) is 2.86. The van der Waals surface area contributed by atoms with Gasteiger partial charge in [0.15, 0.2) is 0 Å². The largest absolute Gasteiger partial charge is 0.378 e. The molecule has 2 fully saturated rings. The maximum atomic E-state index is 5.77. The summed E-state index contributed by atoms with van der Waals surface area (Å²) in [5.74, 6) is 1.04. The van der Waals surface area contributed by atoms with Crippen LogP contribution in [0.4, 0.5) is 0 Å². The third-order valence-electron chi connectivity index (χ3n) is 4.19. The normalized spacial score (nSPS) is 31.3. The summed E-state index contributed by atoms with van der Waals surface area (Å²) in [6, 6.07) is 0.727. The number of rotatable bonds is 6. The van der Waals surface area contributed by atoms with Crippen molar-refractivity contribution < 1.29 is 4.74 Å². The van der Waals surface area contributed by atoms with Crippen LogP contribution in [-0.2, 0) is 4.74 Å². The van der Waals surface area contributed by atoms with Gasteiger partial charge < -0.3 is 10.1 Å². The van der Waals surface area contributed by atoms with E-state index in [9.17, 15) is 0 Å². The molecule has 1 saturated carbocycles. The summed E-state index contributed by atoms with van der Waals surface area (Å²) in [4.78, 5) is 0. The molecule has 0 spiro atoms. The van der Waals surface area contributed by atoms with Crippen molar-refractivity contribution in [1.82, 2.24) is 5.32 Å². The molecule has 2 heteroatoms. The molecular weight excluding hydrogens is 198 g/mol. The van der Waals surface area contributed by atoms with Crippen LogP contribution in [0.2, 0.25) is 0 Å². The van der Waals surface area contributed by atoms with Gasteiger partial charge in [0.05, 0.1) is 6.10 Å². The molecule has 0 aromatic rings. The molecule has 94 valence electrons. The van der Waals surface area contributed by atoms with Crippen LogP contribution in [0, 0.1) is 5.92 Å². The Kier molecular flexibility index (Phi) is 5.11. The maximum absolute atomic E-state index is 5.77. The summed E-state index contributed by atoms with van der Waals surface area (Å²) >= 11 is 0. The monoisotopic (exact) mass is 225 g/mol. The number of hydrogen-bond acceptors (Lipinski definition) is 2. The van der Waals surface area contributed by atoms with Gasteiger partial charge in [-0.25, -0.2) is 0 Å². The molecule has 2 rings (SSSR count). The Hall–Kier alpha value is -0.0800. The van der Waals surface area contributed by atoms with Crippen LogP contribution >= 0.6 is 0 Å². The zero-order chi connectivity index (χ0) is 11.2. The number of hydrogen-bond donors (Lipinski definition) is 1. The highest BCUT2D eigenvalue weighted by Gasteiger charge is 2.22. The number of ether oxygens (including phenoxy) is 1. The highest BCUT2D eigenvalue weighted by molar-refractivity contribution is 4.78. The van der Waals surface area contributed by atoms with Crippen molar-refractivity contribution in [2.24, 2.45) is 5.92 Å². The molecule has 2 aliphatic rings. The molecule has 1 N–H and O–H groups in total. The van der Waals surface area contributed by atoms with Crippen molar-refractivity contribution in [3.05, 3.63) is 0 Å². The molecule has 16 heavy (non-hydrogen) atoms. The molecule has 1 heterocycles. The quantitative estimate of drug-likeness (QED) is 0.750. The molecule has 1 saturated heterocycles. The van der Waals surface area contributed by atoms with Gasteiger partial charge in [0, 0.05) is 12.6 Å². The minimum absolute atomic E-state index is 0.528. The SMILES string of the molecule is CCCC1CC(NCCC2CCC2)CCO1. The topological polar surface area (TPSA) is 21.3 Å². The standard InChI is InChI=1S/C14H27NO/c1-2-4-14-11-13(8-10-16-14)15-9-7-12-5-3-6-12/h12-15H,2-11H2,1H3. The van der Waals surface area contributed by atoms with Crippen LogP contribution in [0.3, 0.4) is 0 Å². The van der Waals surface area contributed by atoms with Gasteiger partial charge in [-0.3, -0.25) is 0 Å². The molecule has 0 aromatic carbocycles. The van der Waals surface area contributed by atoms with Crippen molar-refractivity contribution in [1.29, 1.82) is 0 Å². The molecule has 2 atom stereocenters. The first-order chi connectivity index (χ1) is 7.88. The van der Waals surface area contributed by atoms with E-state index in [4.69, 9.17) is 4.74 Å². The first-order valence-electron chi connectivity index (χ1n) is 7.23. The number of nitrogens with one attached hydrogen (secondary N) is 1. The van der Waals surface area contributed by atoms with E-state index in [0.717, 1.165) is 18.6 Å². The lowest BCUT2D eigenvalue weighted by molar-refractivity contribution is -0.00338. The van der Waals surface area contributed by atoms with Crippen molar-refractivity contribution in [3.63, 3.8) is 0 Å². The van der Waals surface area contributed by atoms with Gasteiger partial charge in [0.25, 0.3) is 0 Å². The molecule has 0 radical (unpaired) electrons. The summed E-state index contributed by atoms with van der Waals surface area (Å²) in [5, 5.41) is 3.73. The maximum Gasteiger partial charge on any atom is 0.0589 e. The van der Waals surface area contributed by atoms with E-state index in [2.05, 4.69) is 12.2 Å². The van der Waals surface area contributed by atoms with Crippen LogP contribution in [-0.4, -0.2) is 25.3 Å². The minimum atomic E-state index is 0.528. The van der Waals surface area contributed by atoms with Crippen LogP contribution in [0.15, 0.2) is 0 Å². The third-order valence-corrected chi connectivity index (χ3v) is 4.19. The average Bonchev–Trinajstić information content (AvgIpc) is 2.23. The second-order valence-electron chi connectivity index (χ2n) is 5.54. The van der Waals surface area contributed by atoms with Gasteiger partial charge in [0.2, 0.25) is 0 Å². The summed E-state index contributed by atoms with van der Waals surface area (Å²) < 4.78 is 5.77. The molecule has 1 aliphatic heterocycles. The second-order valence-corrected chi connectivity index (χ2v) is 5.54. The second kappa shape index (κ2) is 6.61. The van der Waals surface area contributed by atoms with Gasteiger partial charge in [-0.15, -0.1) is 0 Å². The predicted molar refractivity (Wildman–Crippen MR) is 67.6 cm³/mol. The highest BCUT2D eigenvalue weighted by Crippen LogP contribution is 2.29. The zero-order valence-corrected chi connectivity index (χ0v) is 10.7. The van der Waals surface area contributed by atoms with Crippen LogP contribution < -0.4 is 5.32 Å². The molecule has 2 unspecified atom stereocenters. The van der Waals surface area contributed by atoms with Crippen LogP contribution in [0.1, 0.15) is 58.3 Å². The third kappa shape index (κ3) is 3.74. The Balaban J connectivity index is 1.57. The van der Waals surface area contributed by atoms with Crippen molar-refractivity contribution in [2.45, 2.75) is 70.4 Å². The Morgan fingerprint density at radius 3 is 2.75 bits per heavy atom. The van der Waals surface area contributed by atoms with Crippen molar-refractivity contribution >= 4 is 0 Å². The van der Waals surface area contributed by atoms with E-state index < -0.39 is 0 Å². The lowest BCUT2D eigenvalue weighted by Crippen LogP contribution is -2.40. The van der Waals surface area contributed by atoms with E-state index in [1.807, 2.05) is 0 Å². The predicted octanol–water partition coefficient (Wildman–Crippen LogP) is 3.11. The van der Waals surface area contributed by atoms with Crippen molar-refractivity contribution in [2.75, 3.05) is 13.2 Å². The lowest BCUT2D eigenvalue weighted by Gasteiger charge is -2.31. The molecular formula is C14H27NO. The van der Waals surface area contributed by atoms with Gasteiger partial charge in [-0.2, -0.15) is 0 Å². The molecule has 1 aliphatic carbocycles. The Bertz CT molecular complexity index is 189. The van der Waals surface area contributed by atoms with Crippen LogP contribution in [0.5, 0.6) is 0 Å². The molecule has 0 aromatic heterocycles.